The highest BCUT2D eigenvalue weighted by Crippen LogP contribution is 2.21. The summed E-state index contributed by atoms with van der Waals surface area (Å²) in [4.78, 5) is 29.6. The number of rotatable bonds is 8. The van der Waals surface area contributed by atoms with Crippen LogP contribution in [0.1, 0.15) is 38.4 Å². The lowest BCUT2D eigenvalue weighted by Crippen LogP contribution is -2.23. The van der Waals surface area contributed by atoms with Crippen LogP contribution < -0.4 is 10.9 Å². The van der Waals surface area contributed by atoms with E-state index in [9.17, 15) is 18.0 Å². The van der Waals surface area contributed by atoms with E-state index in [1.54, 1.807) is 48.8 Å². The Morgan fingerprint density at radius 3 is 2.69 bits per heavy atom. The van der Waals surface area contributed by atoms with Gasteiger partial charge in [-0.05, 0) is 54.4 Å². The Bertz CT molecular complexity index is 1860. The number of nitrogens with zero attached hydrogens (tertiary/aromatic N) is 3. The number of H-pyrrole nitrogens is 1. The Morgan fingerprint density at radius 1 is 1.05 bits per heavy atom. The van der Waals surface area contributed by atoms with Crippen LogP contribution in [0.3, 0.4) is 0 Å². The minimum absolute atomic E-state index is 0.140. The van der Waals surface area contributed by atoms with Gasteiger partial charge < -0.3 is 9.88 Å². The number of pyridine rings is 2. The topological polar surface area (TPSA) is 127 Å². The van der Waals surface area contributed by atoms with Gasteiger partial charge in [0.05, 0.1) is 29.2 Å². The number of amides is 1. The monoisotopic (exact) mass is 541 g/mol. The molecule has 0 saturated carbocycles. The number of aromatic nitrogens is 4. The van der Waals surface area contributed by atoms with Gasteiger partial charge in [-0.25, -0.2) is 8.42 Å². The van der Waals surface area contributed by atoms with Gasteiger partial charge in [-0.1, -0.05) is 29.8 Å². The second-order valence-electron chi connectivity index (χ2n) is 9.50. The number of aromatic amines is 1. The van der Waals surface area contributed by atoms with Gasteiger partial charge in [0.25, 0.3) is 11.5 Å². The normalized spacial score (nSPS) is 11.5. The maximum absolute atomic E-state index is 12.9. The predicted molar refractivity (Wildman–Crippen MR) is 148 cm³/mol. The Hall–Kier alpha value is -4.57. The molecule has 0 spiro atoms. The zero-order valence-electron chi connectivity index (χ0n) is 21.5. The van der Waals surface area contributed by atoms with Crippen molar-refractivity contribution in [2.75, 3.05) is 6.26 Å². The van der Waals surface area contributed by atoms with E-state index in [4.69, 9.17) is 0 Å². The number of sulfone groups is 1. The van der Waals surface area contributed by atoms with Crippen LogP contribution in [0.2, 0.25) is 0 Å². The molecule has 5 aromatic rings. The van der Waals surface area contributed by atoms with Crippen LogP contribution in [0, 0.1) is 6.92 Å². The first-order chi connectivity index (χ1) is 18.7. The number of hydrogen-bond donors (Lipinski definition) is 2. The van der Waals surface area contributed by atoms with Gasteiger partial charge in [0.15, 0.2) is 9.84 Å². The van der Waals surface area contributed by atoms with Gasteiger partial charge in [0.1, 0.15) is 0 Å². The summed E-state index contributed by atoms with van der Waals surface area (Å²) in [6.45, 7) is 2.44. The minimum Gasteiger partial charge on any atom is -0.346 e. The van der Waals surface area contributed by atoms with E-state index in [1.807, 2.05) is 31.2 Å². The fourth-order valence-corrected chi connectivity index (χ4v) is 5.44. The molecule has 0 unspecified atom stereocenters. The third-order valence-corrected chi connectivity index (χ3v) is 7.63. The zero-order valence-corrected chi connectivity index (χ0v) is 22.3. The lowest BCUT2D eigenvalue weighted by atomic mass is 10.1. The van der Waals surface area contributed by atoms with E-state index in [0.717, 1.165) is 34.0 Å². The Morgan fingerprint density at radius 2 is 1.90 bits per heavy atom. The minimum atomic E-state index is -3.56. The summed E-state index contributed by atoms with van der Waals surface area (Å²) in [5.74, 6) is -0.255. The molecule has 0 fully saturated rings. The van der Waals surface area contributed by atoms with Crippen LogP contribution >= 0.6 is 0 Å². The van der Waals surface area contributed by atoms with Crippen molar-refractivity contribution in [1.29, 1.82) is 0 Å². The molecule has 3 aromatic heterocycles. The van der Waals surface area contributed by atoms with Gasteiger partial charge >= 0.3 is 0 Å². The van der Waals surface area contributed by atoms with Crippen molar-refractivity contribution in [3.05, 3.63) is 123 Å². The molecule has 0 saturated heterocycles. The van der Waals surface area contributed by atoms with Gasteiger partial charge in [0, 0.05) is 47.8 Å². The number of fused-ring (bicyclic) bond motifs is 1. The number of carbonyl (C=O) groups is 1. The van der Waals surface area contributed by atoms with Crippen LogP contribution in [0.25, 0.3) is 10.9 Å². The third-order valence-electron chi connectivity index (χ3n) is 6.45. The number of nitrogens with one attached hydrogen (secondary N) is 2. The Kier molecular flexibility index (Phi) is 7.12. The highest BCUT2D eigenvalue weighted by molar-refractivity contribution is 7.90. The van der Waals surface area contributed by atoms with Crippen LogP contribution in [0.15, 0.2) is 88.8 Å². The first kappa shape index (κ1) is 26.1. The fraction of sp³-hybridized carbons (Fsp3) is 0.172. The molecule has 5 rings (SSSR count). The molecule has 198 valence electrons. The lowest BCUT2D eigenvalue weighted by molar-refractivity contribution is 0.0950. The van der Waals surface area contributed by atoms with E-state index < -0.39 is 9.84 Å². The van der Waals surface area contributed by atoms with E-state index in [-0.39, 0.29) is 22.9 Å². The number of hydrogen-bond acceptors (Lipinski definition) is 6. The van der Waals surface area contributed by atoms with Crippen LogP contribution in [0.5, 0.6) is 0 Å². The van der Waals surface area contributed by atoms with E-state index in [0.29, 0.717) is 29.8 Å². The SMILES string of the molecule is Cc1ccc2n[nH]c(CNC(=O)c3ccnc(Cc4ccc(Cn5ccccc5=O)c(S(C)(=O)=O)c4)c3)c2c1. The van der Waals surface area contributed by atoms with Crippen molar-refractivity contribution in [3.8, 4) is 0 Å². The average molecular weight is 542 g/mol. The molecule has 0 aliphatic rings. The molecule has 3 heterocycles. The van der Waals surface area contributed by atoms with Crippen molar-refractivity contribution >= 4 is 26.6 Å². The second-order valence-corrected chi connectivity index (χ2v) is 11.5. The van der Waals surface area contributed by atoms with Gasteiger partial charge in [-0.3, -0.25) is 19.7 Å². The molecule has 39 heavy (non-hydrogen) atoms. The summed E-state index contributed by atoms with van der Waals surface area (Å²) < 4.78 is 26.6. The number of aryl methyl sites for hydroxylation is 1. The molecular weight excluding hydrogens is 514 g/mol. The number of carbonyl (C=O) groups excluding carboxylic acids is 1. The summed E-state index contributed by atoms with van der Waals surface area (Å²) in [6, 6.07) is 19.2. The summed E-state index contributed by atoms with van der Waals surface area (Å²) in [6.07, 6.45) is 4.67. The van der Waals surface area contributed by atoms with Crippen LogP contribution in [0.4, 0.5) is 0 Å². The maximum Gasteiger partial charge on any atom is 0.251 e. The Labute approximate surface area is 225 Å². The maximum atomic E-state index is 12.9. The number of benzene rings is 2. The van der Waals surface area contributed by atoms with Crippen LogP contribution in [-0.2, 0) is 29.3 Å². The molecular formula is C29H27N5O4S. The zero-order chi connectivity index (χ0) is 27.6. The summed E-state index contributed by atoms with van der Waals surface area (Å²) >= 11 is 0. The van der Waals surface area contributed by atoms with Crippen molar-refractivity contribution < 1.29 is 13.2 Å². The second kappa shape index (κ2) is 10.7. The first-order valence-electron chi connectivity index (χ1n) is 12.3. The summed E-state index contributed by atoms with van der Waals surface area (Å²) in [7, 11) is -3.56. The molecule has 0 bridgehead atoms. The van der Waals surface area contributed by atoms with E-state index in [1.165, 1.54) is 10.6 Å². The lowest BCUT2D eigenvalue weighted by Gasteiger charge is -2.12. The molecule has 9 nitrogen and oxygen atoms in total. The predicted octanol–water partition coefficient (Wildman–Crippen LogP) is 3.40. The summed E-state index contributed by atoms with van der Waals surface area (Å²) in [5, 5.41) is 11.2. The van der Waals surface area contributed by atoms with Crippen LogP contribution in [-0.4, -0.2) is 40.3 Å². The summed E-state index contributed by atoms with van der Waals surface area (Å²) in [5.41, 5.74) is 4.88. The largest absolute Gasteiger partial charge is 0.346 e. The first-order valence-corrected chi connectivity index (χ1v) is 14.2. The van der Waals surface area contributed by atoms with Crippen molar-refractivity contribution in [2.45, 2.75) is 31.3 Å². The smallest absolute Gasteiger partial charge is 0.251 e. The fourth-order valence-electron chi connectivity index (χ4n) is 4.47. The van der Waals surface area contributed by atoms with E-state index in [2.05, 4.69) is 20.5 Å². The average Bonchev–Trinajstić information content (AvgIpc) is 3.31. The molecule has 2 N–H and O–H groups in total. The highest BCUT2D eigenvalue weighted by Gasteiger charge is 2.16. The van der Waals surface area contributed by atoms with Gasteiger partial charge in [-0.15, -0.1) is 0 Å². The molecule has 2 aromatic carbocycles. The third kappa shape index (κ3) is 5.96. The molecule has 0 radical (unpaired) electrons. The molecule has 10 heteroatoms. The van der Waals surface area contributed by atoms with Crippen molar-refractivity contribution in [2.24, 2.45) is 0 Å². The molecule has 1 amide bonds. The highest BCUT2D eigenvalue weighted by atomic mass is 32.2. The van der Waals surface area contributed by atoms with Crippen molar-refractivity contribution in [1.82, 2.24) is 25.1 Å². The van der Waals surface area contributed by atoms with Crippen molar-refractivity contribution in [3.63, 3.8) is 0 Å². The van der Waals surface area contributed by atoms with Gasteiger partial charge in [-0.2, -0.15) is 5.10 Å². The molecule has 0 atom stereocenters. The molecule has 0 aliphatic carbocycles. The van der Waals surface area contributed by atoms with Gasteiger partial charge in [0.2, 0.25) is 0 Å². The quantitative estimate of drug-likeness (QED) is 0.310. The molecule has 0 aliphatic heterocycles. The Balaban J connectivity index is 1.33. The standard InChI is InChI=1S/C29H27N5O4S/c1-19-6-9-25-24(13-19)26(33-32-25)17-31-29(36)21-10-11-30-23(16-21)14-20-7-8-22(27(15-20)39(2,37)38)18-34-12-4-3-5-28(34)35/h3-13,15-16H,14,17-18H2,1-2H3,(H,31,36)(H,32,33). The van der Waals surface area contributed by atoms with E-state index >= 15 is 0 Å².